The molecule has 0 bridgehead atoms. The zero-order chi connectivity index (χ0) is 13.1. The normalized spacial score (nSPS) is 14.6. The summed E-state index contributed by atoms with van der Waals surface area (Å²) in [6.07, 6.45) is 2.61. The van der Waals surface area contributed by atoms with Crippen LogP contribution in [-0.4, -0.2) is 11.0 Å². The molecule has 100 valence electrons. The van der Waals surface area contributed by atoms with E-state index in [1.54, 1.807) is 11.3 Å². The fourth-order valence-corrected chi connectivity index (χ4v) is 2.62. The molecule has 0 radical (unpaired) electrons. The summed E-state index contributed by atoms with van der Waals surface area (Å²) >= 11 is 1.65. The third kappa shape index (κ3) is 3.55. The van der Waals surface area contributed by atoms with Crippen LogP contribution in [0.25, 0.3) is 0 Å². The first-order valence-electron chi connectivity index (χ1n) is 6.66. The first-order chi connectivity index (χ1) is 9.31. The number of para-hydroxylation sites is 1. The predicted molar refractivity (Wildman–Crippen MR) is 77.5 cm³/mol. The number of ether oxygens (including phenoxy) is 1. The van der Waals surface area contributed by atoms with E-state index >= 15 is 0 Å². The second-order valence-corrected chi connectivity index (χ2v) is 5.88. The molecule has 0 amide bonds. The molecule has 4 heteroatoms. The van der Waals surface area contributed by atoms with E-state index in [-0.39, 0.29) is 0 Å². The van der Waals surface area contributed by atoms with Crippen LogP contribution in [0.2, 0.25) is 0 Å². The number of nitrogens with zero attached hydrogens (tertiary/aromatic N) is 1. The van der Waals surface area contributed by atoms with Crippen LogP contribution in [0.4, 0.5) is 0 Å². The number of aryl methyl sites for hydroxylation is 1. The minimum atomic E-state index is 0.555. The highest BCUT2D eigenvalue weighted by atomic mass is 32.1. The van der Waals surface area contributed by atoms with Gasteiger partial charge in [-0.3, -0.25) is 0 Å². The predicted octanol–water partition coefficient (Wildman–Crippen LogP) is 3.28. The average Bonchev–Trinajstić information content (AvgIpc) is 3.17. The Morgan fingerprint density at radius 2 is 2.21 bits per heavy atom. The van der Waals surface area contributed by atoms with Crippen molar-refractivity contribution in [3.8, 4) is 5.75 Å². The number of nitrogens with one attached hydrogen (secondary N) is 1. The van der Waals surface area contributed by atoms with Gasteiger partial charge in [0.2, 0.25) is 0 Å². The Kier molecular flexibility index (Phi) is 3.80. The summed E-state index contributed by atoms with van der Waals surface area (Å²) < 4.78 is 5.90. The SMILES string of the molecule is Cc1csc(COc2ccccc2CNC2CC2)n1. The number of benzene rings is 1. The minimum absolute atomic E-state index is 0.555. The molecule has 0 aliphatic heterocycles. The summed E-state index contributed by atoms with van der Waals surface area (Å²) in [5.74, 6) is 0.962. The number of thiazole rings is 1. The largest absolute Gasteiger partial charge is 0.486 e. The van der Waals surface area contributed by atoms with Crippen molar-refractivity contribution in [1.82, 2.24) is 10.3 Å². The Morgan fingerprint density at radius 1 is 1.37 bits per heavy atom. The molecule has 2 aromatic rings. The summed E-state index contributed by atoms with van der Waals surface area (Å²) in [6.45, 7) is 3.45. The van der Waals surface area contributed by atoms with Crippen molar-refractivity contribution in [2.45, 2.75) is 39.0 Å². The second kappa shape index (κ2) is 5.72. The van der Waals surface area contributed by atoms with Gasteiger partial charge in [0.05, 0.1) is 0 Å². The third-order valence-corrected chi connectivity index (χ3v) is 4.09. The molecular formula is C15H18N2OS. The van der Waals surface area contributed by atoms with Gasteiger partial charge in [-0.05, 0) is 25.8 Å². The van der Waals surface area contributed by atoms with Gasteiger partial charge < -0.3 is 10.1 Å². The molecule has 1 aromatic carbocycles. The van der Waals surface area contributed by atoms with Crippen molar-refractivity contribution in [1.29, 1.82) is 0 Å². The maximum absolute atomic E-state index is 5.90. The van der Waals surface area contributed by atoms with Gasteiger partial charge in [0.1, 0.15) is 17.4 Å². The van der Waals surface area contributed by atoms with Crippen molar-refractivity contribution >= 4 is 11.3 Å². The fraction of sp³-hybridized carbons (Fsp3) is 0.400. The molecule has 0 spiro atoms. The molecule has 1 N–H and O–H groups in total. The lowest BCUT2D eigenvalue weighted by molar-refractivity contribution is 0.301. The van der Waals surface area contributed by atoms with E-state index in [1.807, 2.05) is 19.1 Å². The molecule has 1 aliphatic carbocycles. The Bertz CT molecular complexity index is 549. The van der Waals surface area contributed by atoms with Gasteiger partial charge in [-0.15, -0.1) is 11.3 Å². The molecule has 0 atom stereocenters. The number of aromatic nitrogens is 1. The number of hydrogen-bond donors (Lipinski definition) is 1. The molecule has 3 nitrogen and oxygen atoms in total. The van der Waals surface area contributed by atoms with Gasteiger partial charge in [0.25, 0.3) is 0 Å². The molecular weight excluding hydrogens is 256 g/mol. The number of hydrogen-bond acceptors (Lipinski definition) is 4. The summed E-state index contributed by atoms with van der Waals surface area (Å²) in [5.41, 5.74) is 2.29. The molecule has 1 aromatic heterocycles. The molecule has 3 rings (SSSR count). The second-order valence-electron chi connectivity index (χ2n) is 4.93. The van der Waals surface area contributed by atoms with Gasteiger partial charge in [0.15, 0.2) is 0 Å². The van der Waals surface area contributed by atoms with Gasteiger partial charge in [0, 0.05) is 29.2 Å². The van der Waals surface area contributed by atoms with Crippen LogP contribution >= 0.6 is 11.3 Å². The minimum Gasteiger partial charge on any atom is -0.486 e. The number of rotatable bonds is 6. The standard InChI is InChI=1S/C15H18N2OS/c1-11-10-19-15(17-11)9-18-14-5-3-2-4-12(14)8-16-13-6-7-13/h2-5,10,13,16H,6-9H2,1H3. The molecule has 0 saturated heterocycles. The third-order valence-electron chi connectivity index (χ3n) is 3.15. The Morgan fingerprint density at radius 3 is 2.95 bits per heavy atom. The summed E-state index contributed by atoms with van der Waals surface area (Å²) in [4.78, 5) is 4.42. The van der Waals surface area contributed by atoms with E-state index < -0.39 is 0 Å². The molecule has 1 fully saturated rings. The van der Waals surface area contributed by atoms with E-state index in [1.165, 1.54) is 18.4 Å². The highest BCUT2D eigenvalue weighted by molar-refractivity contribution is 7.09. The van der Waals surface area contributed by atoms with E-state index in [2.05, 4.69) is 27.8 Å². The first-order valence-corrected chi connectivity index (χ1v) is 7.54. The Balaban J connectivity index is 1.62. The summed E-state index contributed by atoms with van der Waals surface area (Å²) in [5, 5.41) is 6.61. The molecule has 19 heavy (non-hydrogen) atoms. The van der Waals surface area contributed by atoms with Gasteiger partial charge in [-0.25, -0.2) is 4.98 Å². The van der Waals surface area contributed by atoms with Crippen LogP contribution in [0.1, 0.15) is 29.1 Å². The van der Waals surface area contributed by atoms with Crippen LogP contribution in [0, 0.1) is 6.92 Å². The lowest BCUT2D eigenvalue weighted by atomic mass is 10.2. The van der Waals surface area contributed by atoms with E-state index in [0.717, 1.165) is 29.0 Å². The lowest BCUT2D eigenvalue weighted by Gasteiger charge is -2.11. The maximum Gasteiger partial charge on any atom is 0.140 e. The fourth-order valence-electron chi connectivity index (χ4n) is 1.94. The van der Waals surface area contributed by atoms with Crippen molar-refractivity contribution in [2.24, 2.45) is 0 Å². The van der Waals surface area contributed by atoms with Crippen molar-refractivity contribution in [3.05, 3.63) is 45.9 Å². The van der Waals surface area contributed by atoms with Crippen LogP contribution < -0.4 is 10.1 Å². The van der Waals surface area contributed by atoms with Crippen molar-refractivity contribution in [2.75, 3.05) is 0 Å². The lowest BCUT2D eigenvalue weighted by Crippen LogP contribution is -2.16. The van der Waals surface area contributed by atoms with E-state index in [4.69, 9.17) is 4.74 Å². The van der Waals surface area contributed by atoms with Crippen LogP contribution in [0.5, 0.6) is 5.75 Å². The smallest absolute Gasteiger partial charge is 0.140 e. The quantitative estimate of drug-likeness (QED) is 0.877. The van der Waals surface area contributed by atoms with Crippen molar-refractivity contribution in [3.63, 3.8) is 0 Å². The summed E-state index contributed by atoms with van der Waals surface area (Å²) in [7, 11) is 0. The van der Waals surface area contributed by atoms with E-state index in [9.17, 15) is 0 Å². The highest BCUT2D eigenvalue weighted by Crippen LogP contribution is 2.23. The first kappa shape index (κ1) is 12.6. The monoisotopic (exact) mass is 274 g/mol. The topological polar surface area (TPSA) is 34.1 Å². The van der Waals surface area contributed by atoms with Gasteiger partial charge in [-0.2, -0.15) is 0 Å². The van der Waals surface area contributed by atoms with Gasteiger partial charge in [-0.1, -0.05) is 18.2 Å². The molecule has 1 heterocycles. The Hall–Kier alpha value is -1.39. The molecule has 1 aliphatic rings. The van der Waals surface area contributed by atoms with Crippen molar-refractivity contribution < 1.29 is 4.74 Å². The van der Waals surface area contributed by atoms with Crippen LogP contribution in [0.3, 0.4) is 0 Å². The molecule has 1 saturated carbocycles. The maximum atomic E-state index is 5.90. The zero-order valence-corrected chi connectivity index (χ0v) is 11.9. The summed E-state index contributed by atoms with van der Waals surface area (Å²) in [6, 6.07) is 8.95. The van der Waals surface area contributed by atoms with Crippen LogP contribution in [0.15, 0.2) is 29.6 Å². The average molecular weight is 274 g/mol. The molecule has 0 unspecified atom stereocenters. The Labute approximate surface area is 117 Å². The van der Waals surface area contributed by atoms with Gasteiger partial charge >= 0.3 is 0 Å². The zero-order valence-electron chi connectivity index (χ0n) is 11.1. The van der Waals surface area contributed by atoms with E-state index in [0.29, 0.717) is 6.61 Å². The van der Waals surface area contributed by atoms with Crippen LogP contribution in [-0.2, 0) is 13.2 Å². The highest BCUT2D eigenvalue weighted by Gasteiger charge is 2.20.